The zero-order valence-electron chi connectivity index (χ0n) is 19.4. The number of hydrogen-bond acceptors (Lipinski definition) is 3. The number of phenolic OH excluding ortho intramolecular Hbond substituents is 1. The van der Waals surface area contributed by atoms with Crippen LogP contribution in [0, 0.1) is 5.41 Å². The predicted octanol–water partition coefficient (Wildman–Crippen LogP) is 5.28. The Morgan fingerprint density at radius 1 is 1.06 bits per heavy atom. The van der Waals surface area contributed by atoms with E-state index >= 15 is 0 Å². The molecule has 0 bridgehead atoms. The monoisotopic (exact) mass is 419 g/mol. The molecule has 0 unspecified atom stereocenters. The summed E-state index contributed by atoms with van der Waals surface area (Å²) in [5.74, 6) is 0.658. The molecule has 31 heavy (non-hydrogen) atoms. The molecule has 164 valence electrons. The van der Waals surface area contributed by atoms with Crippen molar-refractivity contribution in [3.63, 3.8) is 0 Å². The SMILES string of the molecule is CC(C)(C)c1cc(C(=O)Cn2c(C3CC3)c3ccccn3c2=N)cc(C(C)(C)C)c1O. The van der Waals surface area contributed by atoms with Crippen LogP contribution in [0.1, 0.15) is 87.5 Å². The second kappa shape index (κ2) is 7.11. The van der Waals surface area contributed by atoms with E-state index in [0.29, 0.717) is 17.1 Å². The van der Waals surface area contributed by atoms with Crippen LogP contribution in [0.3, 0.4) is 0 Å². The Kier molecular flexibility index (Phi) is 4.91. The van der Waals surface area contributed by atoms with Gasteiger partial charge in [-0.05, 0) is 47.9 Å². The number of benzene rings is 1. The van der Waals surface area contributed by atoms with Crippen molar-refractivity contribution in [2.75, 3.05) is 0 Å². The minimum atomic E-state index is -0.294. The fourth-order valence-electron chi connectivity index (χ4n) is 4.34. The van der Waals surface area contributed by atoms with Crippen LogP contribution < -0.4 is 5.62 Å². The number of phenols is 1. The van der Waals surface area contributed by atoms with Crippen LogP contribution in [0.4, 0.5) is 0 Å². The number of carbonyl (C=O) groups excluding carboxylic acids is 1. The van der Waals surface area contributed by atoms with Crippen LogP contribution in [0.15, 0.2) is 36.5 Å². The molecule has 0 saturated heterocycles. The topological polar surface area (TPSA) is 70.5 Å². The highest BCUT2D eigenvalue weighted by Gasteiger charge is 2.32. The van der Waals surface area contributed by atoms with E-state index in [4.69, 9.17) is 5.41 Å². The van der Waals surface area contributed by atoms with Gasteiger partial charge in [-0.1, -0.05) is 47.6 Å². The predicted molar refractivity (Wildman–Crippen MR) is 123 cm³/mol. The number of nitrogens with one attached hydrogen (secondary N) is 1. The third-order valence-corrected chi connectivity index (χ3v) is 6.21. The summed E-state index contributed by atoms with van der Waals surface area (Å²) in [6, 6.07) is 9.60. The van der Waals surface area contributed by atoms with E-state index in [0.717, 1.165) is 35.2 Å². The van der Waals surface area contributed by atoms with Crippen molar-refractivity contribution in [3.05, 3.63) is 64.5 Å². The molecular weight excluding hydrogens is 386 g/mol. The first-order chi connectivity index (χ1) is 14.4. The van der Waals surface area contributed by atoms with E-state index in [1.165, 1.54) is 0 Å². The maximum absolute atomic E-state index is 13.5. The summed E-state index contributed by atoms with van der Waals surface area (Å²) in [6.07, 6.45) is 4.09. The summed E-state index contributed by atoms with van der Waals surface area (Å²) in [6.45, 7) is 12.4. The van der Waals surface area contributed by atoms with Gasteiger partial charge in [0, 0.05) is 34.5 Å². The quantitative estimate of drug-likeness (QED) is 0.565. The number of carbonyl (C=O) groups is 1. The number of fused-ring (bicyclic) bond motifs is 1. The van der Waals surface area contributed by atoms with Gasteiger partial charge in [-0.2, -0.15) is 0 Å². The molecule has 1 aliphatic carbocycles. The molecule has 0 aliphatic heterocycles. The lowest BCUT2D eigenvalue weighted by molar-refractivity contribution is 0.0969. The lowest BCUT2D eigenvalue weighted by Crippen LogP contribution is -2.26. The summed E-state index contributed by atoms with van der Waals surface area (Å²) in [7, 11) is 0. The summed E-state index contributed by atoms with van der Waals surface area (Å²) in [4.78, 5) is 13.5. The average molecular weight is 420 g/mol. The minimum absolute atomic E-state index is 0.0349. The number of aromatic nitrogens is 2. The van der Waals surface area contributed by atoms with Crippen molar-refractivity contribution < 1.29 is 9.90 Å². The van der Waals surface area contributed by atoms with Gasteiger partial charge in [0.2, 0.25) is 5.62 Å². The van der Waals surface area contributed by atoms with Gasteiger partial charge in [-0.25, -0.2) is 0 Å². The van der Waals surface area contributed by atoms with Crippen molar-refractivity contribution in [2.45, 2.75) is 77.7 Å². The highest BCUT2D eigenvalue weighted by Crippen LogP contribution is 2.42. The number of nitrogens with zero attached hydrogens (tertiary/aromatic N) is 2. The summed E-state index contributed by atoms with van der Waals surface area (Å²) in [5.41, 5.74) is 4.00. The standard InChI is InChI=1S/C26H33N3O2/c1-25(2,3)18-13-17(14-19(23(18)31)26(4,5)6)21(30)15-29-22(16-10-11-16)20-9-7-8-12-28(20)24(29)27/h7-9,12-14,16,27,31H,10-11,15H2,1-6H3. The molecule has 2 heterocycles. The maximum atomic E-state index is 13.5. The van der Waals surface area contributed by atoms with Crippen LogP contribution >= 0.6 is 0 Å². The molecule has 1 aromatic carbocycles. The molecule has 0 spiro atoms. The van der Waals surface area contributed by atoms with Gasteiger partial charge in [0.1, 0.15) is 5.75 Å². The first-order valence-corrected chi connectivity index (χ1v) is 11.0. The summed E-state index contributed by atoms with van der Waals surface area (Å²) < 4.78 is 3.73. The molecule has 5 heteroatoms. The number of ketones is 1. The van der Waals surface area contributed by atoms with Gasteiger partial charge in [-0.15, -0.1) is 0 Å². The largest absolute Gasteiger partial charge is 0.507 e. The summed E-state index contributed by atoms with van der Waals surface area (Å²) >= 11 is 0. The molecule has 0 amide bonds. The highest BCUT2D eigenvalue weighted by atomic mass is 16.3. The Morgan fingerprint density at radius 2 is 1.65 bits per heavy atom. The first-order valence-electron chi connectivity index (χ1n) is 11.0. The van der Waals surface area contributed by atoms with Crippen LogP contribution in [0.5, 0.6) is 5.75 Å². The first kappa shape index (κ1) is 21.4. The third-order valence-electron chi connectivity index (χ3n) is 6.21. The van der Waals surface area contributed by atoms with Gasteiger partial charge in [0.05, 0.1) is 12.1 Å². The third kappa shape index (κ3) is 3.82. The van der Waals surface area contributed by atoms with Crippen LogP contribution in [0.25, 0.3) is 5.52 Å². The van der Waals surface area contributed by atoms with Crippen LogP contribution in [0.2, 0.25) is 0 Å². The Bertz CT molecular complexity index is 1190. The number of rotatable bonds is 4. The second-order valence-electron chi connectivity index (χ2n) is 10.9. The number of pyridine rings is 1. The van der Waals surface area contributed by atoms with E-state index in [1.54, 1.807) is 0 Å². The van der Waals surface area contributed by atoms with E-state index in [1.807, 2.05) is 87.0 Å². The van der Waals surface area contributed by atoms with E-state index in [2.05, 4.69) is 0 Å². The molecule has 4 rings (SSSR count). The number of aromatic hydroxyl groups is 1. The fraction of sp³-hybridized carbons (Fsp3) is 0.462. The number of hydrogen-bond donors (Lipinski definition) is 2. The molecule has 1 fully saturated rings. The Morgan fingerprint density at radius 3 is 2.16 bits per heavy atom. The lowest BCUT2D eigenvalue weighted by Gasteiger charge is -2.28. The lowest BCUT2D eigenvalue weighted by atomic mass is 9.78. The van der Waals surface area contributed by atoms with Crippen molar-refractivity contribution >= 4 is 11.3 Å². The Hall–Kier alpha value is -2.82. The normalized spacial score (nSPS) is 14.9. The second-order valence-corrected chi connectivity index (χ2v) is 10.9. The molecule has 1 saturated carbocycles. The zero-order valence-corrected chi connectivity index (χ0v) is 19.4. The maximum Gasteiger partial charge on any atom is 0.207 e. The van der Waals surface area contributed by atoms with Crippen molar-refractivity contribution in [1.82, 2.24) is 8.97 Å². The van der Waals surface area contributed by atoms with Gasteiger partial charge < -0.3 is 9.67 Å². The fourth-order valence-corrected chi connectivity index (χ4v) is 4.34. The molecule has 2 N–H and O–H groups in total. The van der Waals surface area contributed by atoms with Gasteiger partial charge >= 0.3 is 0 Å². The Balaban J connectivity index is 1.83. The van der Waals surface area contributed by atoms with Gasteiger partial charge in [0.25, 0.3) is 0 Å². The highest BCUT2D eigenvalue weighted by molar-refractivity contribution is 5.97. The van der Waals surface area contributed by atoms with Crippen molar-refractivity contribution in [1.29, 1.82) is 5.41 Å². The molecule has 2 aromatic heterocycles. The van der Waals surface area contributed by atoms with Gasteiger partial charge in [-0.3, -0.25) is 14.6 Å². The average Bonchev–Trinajstić information content (AvgIpc) is 3.46. The van der Waals surface area contributed by atoms with Crippen molar-refractivity contribution in [2.24, 2.45) is 0 Å². The smallest absolute Gasteiger partial charge is 0.207 e. The summed E-state index contributed by atoms with van der Waals surface area (Å²) in [5, 5.41) is 19.7. The van der Waals surface area contributed by atoms with E-state index in [-0.39, 0.29) is 28.9 Å². The molecule has 0 atom stereocenters. The molecular formula is C26H33N3O2. The molecule has 5 nitrogen and oxygen atoms in total. The number of imidazole rings is 1. The molecule has 0 radical (unpaired) electrons. The number of Topliss-reactive ketones (excluding diaryl/α,β-unsaturated/α-hetero) is 1. The van der Waals surface area contributed by atoms with Gasteiger partial charge in [0.15, 0.2) is 5.78 Å². The minimum Gasteiger partial charge on any atom is -0.507 e. The molecule has 3 aromatic rings. The van der Waals surface area contributed by atoms with Crippen molar-refractivity contribution in [3.8, 4) is 5.75 Å². The zero-order chi connectivity index (χ0) is 22.7. The van der Waals surface area contributed by atoms with Crippen LogP contribution in [-0.2, 0) is 17.4 Å². The van der Waals surface area contributed by atoms with E-state index in [9.17, 15) is 9.90 Å². The van der Waals surface area contributed by atoms with Crippen LogP contribution in [-0.4, -0.2) is 19.9 Å². The molecule has 1 aliphatic rings. The van der Waals surface area contributed by atoms with E-state index < -0.39 is 0 Å². The Labute approximate surface area is 183 Å².